The van der Waals surface area contributed by atoms with Crippen LogP contribution in [0.25, 0.3) is 11.0 Å². The molecule has 1 aromatic carbocycles. The van der Waals surface area contributed by atoms with Gasteiger partial charge in [-0.2, -0.15) is 11.8 Å². The van der Waals surface area contributed by atoms with Crippen molar-refractivity contribution in [1.29, 1.82) is 0 Å². The summed E-state index contributed by atoms with van der Waals surface area (Å²) in [4.78, 5) is 4.43. The lowest BCUT2D eigenvalue weighted by molar-refractivity contribution is 0.620. The summed E-state index contributed by atoms with van der Waals surface area (Å²) in [6.45, 7) is 3.01. The van der Waals surface area contributed by atoms with E-state index in [-0.39, 0.29) is 5.82 Å². The van der Waals surface area contributed by atoms with E-state index in [0.29, 0.717) is 11.1 Å². The van der Waals surface area contributed by atoms with E-state index in [1.807, 2.05) is 16.3 Å². The Balaban J connectivity index is 2.36. The molecule has 1 heterocycles. The largest absolute Gasteiger partial charge is 0.327 e. The summed E-state index contributed by atoms with van der Waals surface area (Å²) in [5.74, 6) is 0.928. The van der Waals surface area contributed by atoms with E-state index in [1.54, 1.807) is 6.07 Å². The fourth-order valence-electron chi connectivity index (χ4n) is 1.93. The maximum absolute atomic E-state index is 13.3. The monoisotopic (exact) mass is 286 g/mol. The van der Waals surface area contributed by atoms with Gasteiger partial charge in [0, 0.05) is 11.8 Å². The van der Waals surface area contributed by atoms with Gasteiger partial charge in [-0.15, -0.1) is 11.6 Å². The fraction of sp³-hybridized carbons (Fsp3) is 0.462. The lowest BCUT2D eigenvalue weighted by atomic mass is 10.3. The SMILES string of the molecule is CSC(C)CCn1c(CCl)nc2ccc(F)cc21. The van der Waals surface area contributed by atoms with Crippen molar-refractivity contribution in [2.24, 2.45) is 0 Å². The molecular weight excluding hydrogens is 271 g/mol. The lowest BCUT2D eigenvalue weighted by Gasteiger charge is -2.11. The molecule has 1 atom stereocenters. The van der Waals surface area contributed by atoms with Gasteiger partial charge in [-0.3, -0.25) is 0 Å². The third-order valence-corrected chi connectivity index (χ3v) is 4.35. The number of hydrogen-bond acceptors (Lipinski definition) is 2. The molecule has 0 aliphatic rings. The molecule has 2 nitrogen and oxygen atoms in total. The molecule has 1 unspecified atom stereocenters. The second-order valence-electron chi connectivity index (χ2n) is 4.28. The Bertz CT molecular complexity index is 541. The van der Waals surface area contributed by atoms with Crippen LogP contribution in [0.1, 0.15) is 19.2 Å². The predicted molar refractivity (Wildman–Crippen MR) is 76.8 cm³/mol. The van der Waals surface area contributed by atoms with Crippen LogP contribution in [0, 0.1) is 5.82 Å². The Morgan fingerprint density at radius 1 is 1.50 bits per heavy atom. The zero-order valence-electron chi connectivity index (χ0n) is 10.5. The molecule has 0 N–H and O–H groups in total. The van der Waals surface area contributed by atoms with Gasteiger partial charge in [-0.25, -0.2) is 9.37 Å². The molecular formula is C13H16ClFN2S. The molecule has 0 aliphatic heterocycles. The Labute approximate surface area is 116 Å². The van der Waals surface area contributed by atoms with E-state index in [9.17, 15) is 4.39 Å². The van der Waals surface area contributed by atoms with Crippen LogP contribution in [-0.4, -0.2) is 21.1 Å². The normalized spacial score (nSPS) is 13.1. The van der Waals surface area contributed by atoms with E-state index in [0.717, 1.165) is 29.8 Å². The van der Waals surface area contributed by atoms with Crippen molar-refractivity contribution in [3.63, 3.8) is 0 Å². The number of rotatable bonds is 5. The molecule has 0 amide bonds. The second-order valence-corrected chi connectivity index (χ2v) is 5.82. The van der Waals surface area contributed by atoms with E-state index < -0.39 is 0 Å². The summed E-state index contributed by atoms with van der Waals surface area (Å²) in [6.07, 6.45) is 3.12. The number of fused-ring (bicyclic) bond motifs is 1. The van der Waals surface area contributed by atoms with Crippen LogP contribution >= 0.6 is 23.4 Å². The van der Waals surface area contributed by atoms with Crippen molar-refractivity contribution >= 4 is 34.4 Å². The van der Waals surface area contributed by atoms with Crippen LogP contribution in [0.5, 0.6) is 0 Å². The first kappa shape index (κ1) is 13.7. The number of thioether (sulfide) groups is 1. The van der Waals surface area contributed by atoms with Crippen molar-refractivity contribution in [3.8, 4) is 0 Å². The van der Waals surface area contributed by atoms with Gasteiger partial charge in [0.25, 0.3) is 0 Å². The smallest absolute Gasteiger partial charge is 0.125 e. The molecule has 98 valence electrons. The molecule has 0 bridgehead atoms. The first-order valence-electron chi connectivity index (χ1n) is 5.89. The zero-order valence-corrected chi connectivity index (χ0v) is 12.1. The van der Waals surface area contributed by atoms with E-state index in [1.165, 1.54) is 12.1 Å². The Hall–Kier alpha value is -0.740. The van der Waals surface area contributed by atoms with Gasteiger partial charge in [0.2, 0.25) is 0 Å². The Morgan fingerprint density at radius 2 is 2.28 bits per heavy atom. The van der Waals surface area contributed by atoms with Gasteiger partial charge in [0.05, 0.1) is 16.9 Å². The second kappa shape index (κ2) is 5.93. The first-order valence-corrected chi connectivity index (χ1v) is 7.71. The predicted octanol–water partition coefficient (Wildman–Crippen LogP) is 4.06. The molecule has 0 saturated carbocycles. The van der Waals surface area contributed by atoms with Gasteiger partial charge < -0.3 is 4.57 Å². The topological polar surface area (TPSA) is 17.8 Å². The molecule has 18 heavy (non-hydrogen) atoms. The number of aryl methyl sites for hydroxylation is 1. The standard InChI is InChI=1S/C13H16ClFN2S/c1-9(18-2)5-6-17-12-7-10(15)3-4-11(12)16-13(17)8-14/h3-4,7,9H,5-6,8H2,1-2H3. The molecule has 1 aromatic heterocycles. The summed E-state index contributed by atoms with van der Waals surface area (Å²) >= 11 is 7.74. The van der Waals surface area contributed by atoms with E-state index >= 15 is 0 Å². The lowest BCUT2D eigenvalue weighted by Crippen LogP contribution is -2.07. The maximum Gasteiger partial charge on any atom is 0.125 e. The minimum absolute atomic E-state index is 0.234. The molecule has 0 radical (unpaired) electrons. The summed E-state index contributed by atoms with van der Waals surface area (Å²) < 4.78 is 15.3. The number of alkyl halides is 1. The molecule has 0 spiro atoms. The average Bonchev–Trinajstić information content (AvgIpc) is 2.73. The van der Waals surface area contributed by atoms with Gasteiger partial charge in [-0.1, -0.05) is 6.92 Å². The minimum atomic E-state index is -0.234. The Kier molecular flexibility index (Phi) is 4.51. The number of halogens is 2. The summed E-state index contributed by atoms with van der Waals surface area (Å²) in [6, 6.07) is 4.67. The molecule has 0 saturated heterocycles. The van der Waals surface area contributed by atoms with Gasteiger partial charge >= 0.3 is 0 Å². The number of aromatic nitrogens is 2. The Morgan fingerprint density at radius 3 is 2.94 bits per heavy atom. The highest BCUT2D eigenvalue weighted by Crippen LogP contribution is 2.21. The van der Waals surface area contributed by atoms with Gasteiger partial charge in [0.15, 0.2) is 0 Å². The molecule has 2 rings (SSSR count). The van der Waals surface area contributed by atoms with Crippen molar-refractivity contribution < 1.29 is 4.39 Å². The van der Waals surface area contributed by atoms with Crippen LogP contribution < -0.4 is 0 Å². The summed E-state index contributed by atoms with van der Waals surface area (Å²) in [7, 11) is 0. The highest BCUT2D eigenvalue weighted by atomic mass is 35.5. The fourth-order valence-corrected chi connectivity index (χ4v) is 2.47. The number of benzene rings is 1. The minimum Gasteiger partial charge on any atom is -0.327 e. The van der Waals surface area contributed by atoms with E-state index in [4.69, 9.17) is 11.6 Å². The van der Waals surface area contributed by atoms with Crippen LogP contribution in [0.15, 0.2) is 18.2 Å². The first-order chi connectivity index (χ1) is 8.65. The molecule has 0 fully saturated rings. The van der Waals surface area contributed by atoms with E-state index in [2.05, 4.69) is 18.2 Å². The molecule has 5 heteroatoms. The third kappa shape index (κ3) is 2.81. The van der Waals surface area contributed by atoms with Crippen LogP contribution in [0.4, 0.5) is 4.39 Å². The van der Waals surface area contributed by atoms with Crippen molar-refractivity contribution in [1.82, 2.24) is 9.55 Å². The van der Waals surface area contributed by atoms with Crippen molar-refractivity contribution in [2.45, 2.75) is 31.0 Å². The van der Waals surface area contributed by atoms with Gasteiger partial charge in [-0.05, 0) is 30.9 Å². The summed E-state index contributed by atoms with van der Waals surface area (Å²) in [5.41, 5.74) is 1.64. The number of imidazole rings is 1. The van der Waals surface area contributed by atoms with Crippen LogP contribution in [0.3, 0.4) is 0 Å². The number of hydrogen-bond donors (Lipinski definition) is 0. The van der Waals surface area contributed by atoms with Crippen LogP contribution in [-0.2, 0) is 12.4 Å². The maximum atomic E-state index is 13.3. The summed E-state index contributed by atoms with van der Waals surface area (Å²) in [5, 5.41) is 0.569. The third-order valence-electron chi connectivity index (χ3n) is 3.07. The number of nitrogens with zero attached hydrogens (tertiary/aromatic N) is 2. The molecule has 0 aliphatic carbocycles. The quantitative estimate of drug-likeness (QED) is 0.772. The zero-order chi connectivity index (χ0) is 13.1. The van der Waals surface area contributed by atoms with Crippen molar-refractivity contribution in [2.75, 3.05) is 6.26 Å². The molecule has 2 aromatic rings. The average molecular weight is 287 g/mol. The highest BCUT2D eigenvalue weighted by Gasteiger charge is 2.11. The van der Waals surface area contributed by atoms with Crippen molar-refractivity contribution in [3.05, 3.63) is 29.8 Å². The van der Waals surface area contributed by atoms with Crippen LogP contribution in [0.2, 0.25) is 0 Å². The van der Waals surface area contributed by atoms with Gasteiger partial charge in [0.1, 0.15) is 11.6 Å². The highest BCUT2D eigenvalue weighted by molar-refractivity contribution is 7.99.